The Hall–Kier alpha value is -4.18. The normalized spacial score (nSPS) is 24.3. The number of hydrogen-bond acceptors (Lipinski definition) is 8. The summed E-state index contributed by atoms with van der Waals surface area (Å²) in [6, 6.07) is 20.4. The van der Waals surface area contributed by atoms with Gasteiger partial charge < -0.3 is 15.2 Å². The van der Waals surface area contributed by atoms with E-state index in [1.54, 1.807) is 42.5 Å². The molecule has 0 aromatic heterocycles. The van der Waals surface area contributed by atoms with Crippen molar-refractivity contribution < 1.29 is 29.1 Å². The number of carbonyl (C=O) groups is 4. The smallest absolute Gasteiger partial charge is 0.241 e. The number of ketones is 2. The fourth-order valence-electron chi connectivity index (χ4n) is 5.51. The van der Waals surface area contributed by atoms with Crippen LogP contribution < -0.4 is 10.1 Å². The lowest BCUT2D eigenvalue weighted by atomic mass is 9.77. The highest BCUT2D eigenvalue weighted by molar-refractivity contribution is 6.37. The average Bonchev–Trinajstić information content (AvgIpc) is 3.44. The van der Waals surface area contributed by atoms with E-state index in [-0.39, 0.29) is 22.5 Å². The Labute approximate surface area is 198 Å². The van der Waals surface area contributed by atoms with Gasteiger partial charge in [-0.3, -0.25) is 24.4 Å². The van der Waals surface area contributed by atoms with E-state index in [1.807, 2.05) is 0 Å². The molecule has 2 heterocycles. The standard InChI is InChI=1S/C26H17N2O7/c29-22-15-10-4-5-11-16(15)23(30)26(22)20-19(21(35-26)14-8-2-1-3-9-14)24(31)27(25(20)32)17-12-6-7-13-18(17)28(33)34/h1-13,19-21,33H/q-1/t19-,20+,21-/m1/s1. The lowest BCUT2D eigenvalue weighted by Crippen LogP contribution is -2.51. The minimum atomic E-state index is -2.21. The summed E-state index contributed by atoms with van der Waals surface area (Å²) in [4.78, 5) is 55.8. The van der Waals surface area contributed by atoms with E-state index >= 15 is 0 Å². The van der Waals surface area contributed by atoms with Crippen molar-refractivity contribution >= 4 is 34.8 Å². The fourth-order valence-corrected chi connectivity index (χ4v) is 5.51. The molecule has 9 nitrogen and oxygen atoms in total. The van der Waals surface area contributed by atoms with Crippen molar-refractivity contribution in [2.24, 2.45) is 11.8 Å². The Morgan fingerprint density at radius 1 is 0.800 bits per heavy atom. The number of nitrogens with zero attached hydrogens (tertiary/aromatic N) is 2. The molecule has 0 saturated carbocycles. The second-order valence-corrected chi connectivity index (χ2v) is 8.67. The summed E-state index contributed by atoms with van der Waals surface area (Å²) in [5, 5.41) is 20.9. The van der Waals surface area contributed by atoms with Crippen molar-refractivity contribution in [3.63, 3.8) is 0 Å². The number of imide groups is 1. The number of fused-ring (bicyclic) bond motifs is 3. The van der Waals surface area contributed by atoms with Crippen LogP contribution in [0.2, 0.25) is 0 Å². The molecule has 2 aliphatic heterocycles. The summed E-state index contributed by atoms with van der Waals surface area (Å²) in [6.45, 7) is 0. The van der Waals surface area contributed by atoms with Gasteiger partial charge in [-0.15, -0.1) is 0 Å². The van der Waals surface area contributed by atoms with Crippen LogP contribution >= 0.6 is 0 Å². The second kappa shape index (κ2) is 7.41. The van der Waals surface area contributed by atoms with Gasteiger partial charge in [0.1, 0.15) is 0 Å². The highest BCUT2D eigenvalue weighted by Crippen LogP contribution is 2.58. The van der Waals surface area contributed by atoms with Crippen LogP contribution in [0.4, 0.5) is 11.4 Å². The van der Waals surface area contributed by atoms with Crippen molar-refractivity contribution in [1.29, 1.82) is 0 Å². The number of amides is 2. The number of carbonyl (C=O) groups excluding carboxylic acids is 4. The topological polar surface area (TPSA) is 127 Å². The molecule has 2 fully saturated rings. The van der Waals surface area contributed by atoms with Gasteiger partial charge in [-0.25, -0.2) is 4.90 Å². The van der Waals surface area contributed by atoms with Crippen molar-refractivity contribution in [2.75, 3.05) is 10.1 Å². The van der Waals surface area contributed by atoms with E-state index in [4.69, 9.17) is 4.74 Å². The van der Waals surface area contributed by atoms with Gasteiger partial charge in [0.05, 0.1) is 29.3 Å². The Bertz CT molecular complexity index is 1380. The SMILES string of the molecule is O=C1[C@H]2[C@@H](c3ccccc3)OC3(C(=O)c4ccccc4C3=O)[C@@H]2C(=O)N1c1ccccc1N([O-])O. The maximum absolute atomic E-state index is 13.9. The molecule has 3 aromatic carbocycles. The molecule has 3 aliphatic rings. The van der Waals surface area contributed by atoms with Crippen LogP contribution in [0.5, 0.6) is 0 Å². The zero-order valence-corrected chi connectivity index (χ0v) is 18.0. The van der Waals surface area contributed by atoms with Gasteiger partial charge in [0, 0.05) is 11.1 Å². The fraction of sp³-hybridized carbons (Fsp3) is 0.154. The second-order valence-electron chi connectivity index (χ2n) is 8.67. The third-order valence-corrected chi connectivity index (χ3v) is 6.98. The van der Waals surface area contributed by atoms with Crippen LogP contribution in [-0.2, 0) is 14.3 Å². The molecule has 1 spiro atoms. The highest BCUT2D eigenvalue weighted by Gasteiger charge is 2.74. The zero-order valence-electron chi connectivity index (χ0n) is 18.0. The first-order valence-electron chi connectivity index (χ1n) is 10.9. The molecule has 1 N–H and O–H groups in total. The molecule has 2 saturated heterocycles. The summed E-state index contributed by atoms with van der Waals surface area (Å²) < 4.78 is 6.18. The van der Waals surface area contributed by atoms with Gasteiger partial charge in [0.15, 0.2) is 0 Å². The molecular weight excluding hydrogens is 452 g/mol. The molecule has 0 radical (unpaired) electrons. The molecule has 0 unspecified atom stereocenters. The number of Topliss-reactive ketones (excluding diaryl/α,β-unsaturated/α-hetero) is 2. The summed E-state index contributed by atoms with van der Waals surface area (Å²) in [6.07, 6.45) is -1.06. The average molecular weight is 469 g/mol. The lowest BCUT2D eigenvalue weighted by Gasteiger charge is -2.30. The van der Waals surface area contributed by atoms with E-state index in [9.17, 15) is 29.6 Å². The third kappa shape index (κ3) is 2.68. The van der Waals surface area contributed by atoms with Crippen molar-refractivity contribution in [2.45, 2.75) is 11.7 Å². The Morgan fingerprint density at radius 2 is 1.37 bits per heavy atom. The van der Waals surface area contributed by atoms with Crippen LogP contribution in [0.3, 0.4) is 0 Å². The van der Waals surface area contributed by atoms with Crippen LogP contribution in [0, 0.1) is 17.0 Å². The molecule has 9 heteroatoms. The lowest BCUT2D eigenvalue weighted by molar-refractivity contribution is -0.127. The molecule has 3 aromatic rings. The summed E-state index contributed by atoms with van der Waals surface area (Å²) in [5.74, 6) is -5.55. The maximum atomic E-state index is 13.9. The molecule has 6 rings (SSSR count). The van der Waals surface area contributed by atoms with E-state index in [0.717, 1.165) is 4.90 Å². The monoisotopic (exact) mass is 469 g/mol. The van der Waals surface area contributed by atoms with Gasteiger partial charge in [-0.05, 0) is 17.7 Å². The molecular formula is C26H17N2O7-. The largest absolute Gasteiger partial charge is 0.733 e. The quantitative estimate of drug-likeness (QED) is 0.352. The third-order valence-electron chi connectivity index (χ3n) is 6.98. The van der Waals surface area contributed by atoms with E-state index in [0.29, 0.717) is 5.56 Å². The molecule has 0 bridgehead atoms. The molecule has 3 atom stereocenters. The van der Waals surface area contributed by atoms with Gasteiger partial charge >= 0.3 is 0 Å². The number of benzene rings is 3. The summed E-state index contributed by atoms with van der Waals surface area (Å²) in [5.41, 5.74) is -1.89. The predicted octanol–water partition coefficient (Wildman–Crippen LogP) is 3.08. The number of para-hydroxylation sites is 2. The highest BCUT2D eigenvalue weighted by atomic mass is 16.8. The van der Waals surface area contributed by atoms with Crippen LogP contribution in [0.15, 0.2) is 78.9 Å². The molecule has 1 aliphatic carbocycles. The number of anilines is 2. The van der Waals surface area contributed by atoms with Crippen LogP contribution in [0.1, 0.15) is 32.4 Å². The first-order valence-corrected chi connectivity index (χ1v) is 10.9. The van der Waals surface area contributed by atoms with Gasteiger partial charge in [-0.1, -0.05) is 66.7 Å². The summed E-state index contributed by atoms with van der Waals surface area (Å²) >= 11 is 0. The minimum absolute atomic E-state index is 0.130. The van der Waals surface area contributed by atoms with E-state index in [1.165, 1.54) is 36.4 Å². The van der Waals surface area contributed by atoms with Crippen LogP contribution in [0.25, 0.3) is 0 Å². The number of ether oxygens (including phenoxy) is 1. The Balaban J connectivity index is 1.56. The van der Waals surface area contributed by atoms with Crippen molar-refractivity contribution in [1.82, 2.24) is 0 Å². The Kier molecular flexibility index (Phi) is 4.52. The minimum Gasteiger partial charge on any atom is -0.733 e. The van der Waals surface area contributed by atoms with Crippen LogP contribution in [-0.4, -0.2) is 34.2 Å². The molecule has 35 heavy (non-hydrogen) atoms. The van der Waals surface area contributed by atoms with E-state index in [2.05, 4.69) is 0 Å². The van der Waals surface area contributed by atoms with Gasteiger partial charge in [0.25, 0.3) is 0 Å². The van der Waals surface area contributed by atoms with Gasteiger partial charge in [0.2, 0.25) is 29.0 Å². The molecule has 2 amide bonds. The molecule has 174 valence electrons. The zero-order chi connectivity index (χ0) is 24.5. The first-order chi connectivity index (χ1) is 16.9. The van der Waals surface area contributed by atoms with E-state index < -0.39 is 52.1 Å². The first kappa shape index (κ1) is 21.4. The summed E-state index contributed by atoms with van der Waals surface area (Å²) in [7, 11) is 0. The predicted molar refractivity (Wildman–Crippen MR) is 122 cm³/mol. The Morgan fingerprint density at radius 3 is 2.00 bits per heavy atom. The van der Waals surface area contributed by atoms with Crippen molar-refractivity contribution in [3.05, 3.63) is 101 Å². The number of rotatable bonds is 3. The van der Waals surface area contributed by atoms with Crippen molar-refractivity contribution in [3.8, 4) is 0 Å². The maximum Gasteiger partial charge on any atom is 0.241 e. The van der Waals surface area contributed by atoms with Gasteiger partial charge in [-0.2, -0.15) is 0 Å². The number of hydrogen-bond donors (Lipinski definition) is 1.